The van der Waals surface area contributed by atoms with Crippen LogP contribution in [0.15, 0.2) is 24.3 Å². The van der Waals surface area contributed by atoms with Crippen molar-refractivity contribution < 1.29 is 19.1 Å². The Kier molecular flexibility index (Phi) is 3.06. The third-order valence-corrected chi connectivity index (χ3v) is 3.57. The van der Waals surface area contributed by atoms with Gasteiger partial charge in [0.05, 0.1) is 6.54 Å². The number of nitrogens with zero attached hydrogens (tertiary/aromatic N) is 1. The highest BCUT2D eigenvalue weighted by atomic mass is 35.5. The van der Waals surface area contributed by atoms with Crippen LogP contribution >= 0.6 is 11.6 Å². The van der Waals surface area contributed by atoms with Gasteiger partial charge in [-0.05, 0) is 24.3 Å². The molecule has 0 aliphatic carbocycles. The number of carbonyl (C=O) groups excluding carboxylic acids is 2. The van der Waals surface area contributed by atoms with Crippen LogP contribution in [0.2, 0.25) is 5.02 Å². The van der Waals surface area contributed by atoms with E-state index in [0.29, 0.717) is 23.7 Å². The van der Waals surface area contributed by atoms with E-state index in [0.717, 1.165) is 0 Å². The van der Waals surface area contributed by atoms with Gasteiger partial charge in [0.25, 0.3) is 5.91 Å². The third kappa shape index (κ3) is 2.38. The molecule has 0 unspecified atom stereocenters. The Morgan fingerprint density at radius 1 is 1.42 bits per heavy atom. The van der Waals surface area contributed by atoms with Gasteiger partial charge in [0.15, 0.2) is 6.61 Å². The second-order valence-corrected chi connectivity index (χ2v) is 5.04. The first-order chi connectivity index (χ1) is 9.13. The monoisotopic (exact) mass is 281 g/mol. The second-order valence-electron chi connectivity index (χ2n) is 4.60. The minimum Gasteiger partial charge on any atom is -0.484 e. The molecule has 2 aliphatic rings. The lowest BCUT2D eigenvalue weighted by atomic mass is 10.2. The lowest BCUT2D eigenvalue weighted by Crippen LogP contribution is -2.46. The summed E-state index contributed by atoms with van der Waals surface area (Å²) in [4.78, 5) is 24.9. The summed E-state index contributed by atoms with van der Waals surface area (Å²) in [6.45, 7) is 0.386. The zero-order valence-corrected chi connectivity index (χ0v) is 10.8. The van der Waals surface area contributed by atoms with E-state index in [1.807, 2.05) is 0 Å². The van der Waals surface area contributed by atoms with Gasteiger partial charge in [-0.2, -0.15) is 0 Å². The maximum Gasteiger partial charge on any atom is 0.329 e. The van der Waals surface area contributed by atoms with Crippen LogP contribution in [0.5, 0.6) is 5.75 Å². The number of rotatable bonds is 3. The van der Waals surface area contributed by atoms with Crippen LogP contribution in [0.3, 0.4) is 0 Å². The Hall–Kier alpha value is -1.75. The number of halogens is 1. The molecule has 5 nitrogen and oxygen atoms in total. The number of hydrogen-bond donors (Lipinski definition) is 0. The summed E-state index contributed by atoms with van der Waals surface area (Å²) in [5.41, 5.74) is 0. The van der Waals surface area contributed by atoms with E-state index in [4.69, 9.17) is 21.1 Å². The molecule has 2 heterocycles. The van der Waals surface area contributed by atoms with E-state index >= 15 is 0 Å². The molecule has 1 amide bonds. The van der Waals surface area contributed by atoms with Gasteiger partial charge in [-0.3, -0.25) is 4.79 Å². The summed E-state index contributed by atoms with van der Waals surface area (Å²) in [5.74, 6) is 0.0693. The van der Waals surface area contributed by atoms with Crippen LogP contribution in [-0.4, -0.2) is 42.1 Å². The average Bonchev–Trinajstić information content (AvgIpc) is 2.96. The van der Waals surface area contributed by atoms with E-state index in [1.54, 1.807) is 24.3 Å². The third-order valence-electron chi connectivity index (χ3n) is 3.31. The van der Waals surface area contributed by atoms with Crippen molar-refractivity contribution in [3.05, 3.63) is 29.3 Å². The highest BCUT2D eigenvalue weighted by Crippen LogP contribution is 2.29. The summed E-state index contributed by atoms with van der Waals surface area (Å²) in [6, 6.07) is 6.35. The molecule has 0 aromatic heterocycles. The molecule has 2 saturated heterocycles. The summed E-state index contributed by atoms with van der Waals surface area (Å²) < 4.78 is 10.4. The number of morpholine rings is 1. The molecular formula is C13H12ClNO4. The Bertz CT molecular complexity index is 516. The predicted octanol–water partition coefficient (Wildman–Crippen LogP) is 1.25. The van der Waals surface area contributed by atoms with Crippen molar-refractivity contribution in [3.63, 3.8) is 0 Å². The highest BCUT2D eigenvalue weighted by Gasteiger charge is 2.48. The number of amides is 1. The first-order valence-electron chi connectivity index (χ1n) is 6.02. The van der Waals surface area contributed by atoms with Crippen LogP contribution in [0.4, 0.5) is 0 Å². The lowest BCUT2D eigenvalue weighted by Gasteiger charge is -2.25. The summed E-state index contributed by atoms with van der Waals surface area (Å²) >= 11 is 5.75. The van der Waals surface area contributed by atoms with Gasteiger partial charge in [0.1, 0.15) is 17.9 Å². The molecular weight excluding hydrogens is 270 g/mol. The van der Waals surface area contributed by atoms with Crippen LogP contribution in [-0.2, 0) is 14.3 Å². The molecule has 1 aromatic carbocycles. The van der Waals surface area contributed by atoms with E-state index in [9.17, 15) is 9.59 Å². The van der Waals surface area contributed by atoms with E-state index in [-0.39, 0.29) is 24.6 Å². The SMILES string of the molecule is O=C1O[C@@H]2C[C@H]1N(C(=O)COc1ccc(Cl)cc1)C2. The molecule has 100 valence electrons. The fraction of sp³-hybridized carbons (Fsp3) is 0.385. The Morgan fingerprint density at radius 2 is 2.16 bits per heavy atom. The van der Waals surface area contributed by atoms with Crippen LogP contribution in [0.25, 0.3) is 0 Å². The van der Waals surface area contributed by atoms with Crippen LogP contribution < -0.4 is 4.74 Å². The van der Waals surface area contributed by atoms with Crippen LogP contribution in [0.1, 0.15) is 6.42 Å². The van der Waals surface area contributed by atoms with Crippen molar-refractivity contribution in [2.75, 3.05) is 13.2 Å². The molecule has 0 saturated carbocycles. The van der Waals surface area contributed by atoms with Crippen molar-refractivity contribution in [3.8, 4) is 5.75 Å². The van der Waals surface area contributed by atoms with Crippen molar-refractivity contribution in [2.24, 2.45) is 0 Å². The standard InChI is InChI=1S/C13H12ClNO4/c14-8-1-3-9(4-2-8)18-7-12(16)15-6-10-5-11(15)13(17)19-10/h1-4,10-11H,5-7H2/t10-,11-/m1/s1. The lowest BCUT2D eigenvalue weighted by molar-refractivity contribution is -0.157. The molecule has 0 spiro atoms. The van der Waals surface area contributed by atoms with E-state index < -0.39 is 6.04 Å². The van der Waals surface area contributed by atoms with Crippen molar-refractivity contribution in [1.29, 1.82) is 0 Å². The Morgan fingerprint density at radius 3 is 2.79 bits per heavy atom. The van der Waals surface area contributed by atoms with Gasteiger partial charge < -0.3 is 14.4 Å². The molecule has 0 N–H and O–H groups in total. The van der Waals surface area contributed by atoms with Gasteiger partial charge in [-0.25, -0.2) is 4.79 Å². The first-order valence-corrected chi connectivity index (χ1v) is 6.39. The maximum absolute atomic E-state index is 12.0. The van der Waals surface area contributed by atoms with E-state index in [1.165, 1.54) is 4.90 Å². The number of ether oxygens (including phenoxy) is 2. The number of hydrogen-bond acceptors (Lipinski definition) is 4. The number of carbonyl (C=O) groups is 2. The molecule has 2 atom stereocenters. The normalized spacial score (nSPS) is 24.5. The minimum atomic E-state index is -0.425. The molecule has 6 heteroatoms. The zero-order valence-electron chi connectivity index (χ0n) is 10.0. The molecule has 19 heavy (non-hydrogen) atoms. The first kappa shape index (κ1) is 12.3. The molecule has 2 bridgehead atoms. The topological polar surface area (TPSA) is 55.8 Å². The fourth-order valence-corrected chi connectivity index (χ4v) is 2.51. The van der Waals surface area contributed by atoms with Crippen molar-refractivity contribution in [2.45, 2.75) is 18.6 Å². The average molecular weight is 282 g/mol. The number of esters is 1. The molecule has 2 fully saturated rings. The highest BCUT2D eigenvalue weighted by molar-refractivity contribution is 6.30. The second kappa shape index (κ2) is 4.74. The molecule has 2 aliphatic heterocycles. The fourth-order valence-electron chi connectivity index (χ4n) is 2.38. The van der Waals surface area contributed by atoms with Gasteiger partial charge in [0.2, 0.25) is 0 Å². The van der Waals surface area contributed by atoms with Gasteiger partial charge in [0, 0.05) is 11.4 Å². The molecule has 3 rings (SSSR count). The number of benzene rings is 1. The van der Waals surface area contributed by atoms with Crippen molar-refractivity contribution in [1.82, 2.24) is 4.90 Å². The number of likely N-dealkylation sites (tertiary alicyclic amines) is 1. The summed E-state index contributed by atoms with van der Waals surface area (Å²) in [5, 5.41) is 0.610. The largest absolute Gasteiger partial charge is 0.484 e. The smallest absolute Gasteiger partial charge is 0.329 e. The minimum absolute atomic E-state index is 0.0852. The molecule has 0 radical (unpaired) electrons. The van der Waals surface area contributed by atoms with Gasteiger partial charge >= 0.3 is 5.97 Å². The Balaban J connectivity index is 1.57. The summed E-state index contributed by atoms with van der Waals surface area (Å²) in [7, 11) is 0. The quantitative estimate of drug-likeness (QED) is 0.783. The maximum atomic E-state index is 12.0. The zero-order chi connectivity index (χ0) is 13.4. The Labute approximate surface area is 115 Å². The van der Waals surface area contributed by atoms with Crippen molar-refractivity contribution >= 4 is 23.5 Å². The van der Waals surface area contributed by atoms with E-state index in [2.05, 4.69) is 0 Å². The van der Waals surface area contributed by atoms with Crippen LogP contribution in [0, 0.1) is 0 Å². The number of fused-ring (bicyclic) bond motifs is 2. The summed E-state index contributed by atoms with van der Waals surface area (Å²) in [6.07, 6.45) is 0.461. The molecule has 1 aromatic rings. The van der Waals surface area contributed by atoms with Gasteiger partial charge in [-0.1, -0.05) is 11.6 Å². The predicted molar refractivity (Wildman–Crippen MR) is 66.9 cm³/mol. The van der Waals surface area contributed by atoms with Gasteiger partial charge in [-0.15, -0.1) is 0 Å².